The number of benzene rings is 1. The van der Waals surface area contributed by atoms with Crippen LogP contribution in [0, 0.1) is 6.92 Å². The number of carbonyl (C=O) groups is 1. The van der Waals surface area contributed by atoms with E-state index in [1.807, 2.05) is 6.07 Å². The van der Waals surface area contributed by atoms with E-state index in [1.54, 1.807) is 6.20 Å². The molecular formula is C16H18N2O2. The molecule has 1 saturated heterocycles. The van der Waals surface area contributed by atoms with Gasteiger partial charge in [0.05, 0.1) is 5.52 Å². The molecule has 4 nitrogen and oxygen atoms in total. The fourth-order valence-electron chi connectivity index (χ4n) is 3.07. The van der Waals surface area contributed by atoms with E-state index in [2.05, 4.69) is 35.0 Å². The van der Waals surface area contributed by atoms with Crippen LogP contribution in [-0.2, 0) is 11.3 Å². The van der Waals surface area contributed by atoms with Gasteiger partial charge in [0, 0.05) is 18.1 Å². The van der Waals surface area contributed by atoms with Gasteiger partial charge in [-0.3, -0.25) is 14.7 Å². The number of aromatic nitrogens is 1. The molecule has 1 fully saturated rings. The first kappa shape index (κ1) is 13.1. The zero-order chi connectivity index (χ0) is 14.1. The second kappa shape index (κ2) is 5.21. The molecule has 104 valence electrons. The first-order chi connectivity index (χ1) is 9.65. The van der Waals surface area contributed by atoms with Gasteiger partial charge in [0.15, 0.2) is 0 Å². The van der Waals surface area contributed by atoms with Crippen LogP contribution in [-0.4, -0.2) is 33.5 Å². The van der Waals surface area contributed by atoms with E-state index < -0.39 is 5.97 Å². The standard InChI is InChI=1S/C16H18N2O2/c1-11-8-12(9-13-4-2-6-17-15(11)13)10-18-7-3-5-14(18)16(19)20/h2,4,6,8-9,14H,3,5,7,10H2,1H3,(H,19,20)/t14-/m1/s1. The third kappa shape index (κ3) is 2.39. The number of hydrogen-bond acceptors (Lipinski definition) is 3. The van der Waals surface area contributed by atoms with Crippen LogP contribution in [0.25, 0.3) is 10.9 Å². The summed E-state index contributed by atoms with van der Waals surface area (Å²) in [5.74, 6) is -0.707. The van der Waals surface area contributed by atoms with E-state index in [9.17, 15) is 9.90 Å². The maximum Gasteiger partial charge on any atom is 0.320 e. The van der Waals surface area contributed by atoms with Crippen LogP contribution < -0.4 is 0 Å². The highest BCUT2D eigenvalue weighted by Gasteiger charge is 2.30. The van der Waals surface area contributed by atoms with Gasteiger partial charge in [-0.25, -0.2) is 0 Å². The number of hydrogen-bond donors (Lipinski definition) is 1. The molecule has 1 atom stereocenters. The normalized spacial score (nSPS) is 19.6. The van der Waals surface area contributed by atoms with Gasteiger partial charge in [-0.2, -0.15) is 0 Å². The van der Waals surface area contributed by atoms with Crippen molar-refractivity contribution in [2.75, 3.05) is 6.54 Å². The van der Waals surface area contributed by atoms with Gasteiger partial charge in [-0.15, -0.1) is 0 Å². The zero-order valence-electron chi connectivity index (χ0n) is 11.5. The van der Waals surface area contributed by atoms with Crippen LogP contribution in [0.3, 0.4) is 0 Å². The Balaban J connectivity index is 1.89. The molecule has 0 amide bonds. The van der Waals surface area contributed by atoms with Crippen LogP contribution in [0.4, 0.5) is 0 Å². The number of pyridine rings is 1. The summed E-state index contributed by atoms with van der Waals surface area (Å²) >= 11 is 0. The smallest absolute Gasteiger partial charge is 0.320 e. The molecule has 0 saturated carbocycles. The molecule has 0 aliphatic carbocycles. The van der Waals surface area contributed by atoms with Gasteiger partial charge in [-0.05, 0) is 49.6 Å². The fraction of sp³-hybridized carbons (Fsp3) is 0.375. The minimum absolute atomic E-state index is 0.333. The van der Waals surface area contributed by atoms with Gasteiger partial charge < -0.3 is 5.11 Å². The summed E-state index contributed by atoms with van der Waals surface area (Å²) in [5, 5.41) is 10.4. The third-order valence-corrected chi connectivity index (χ3v) is 3.99. The van der Waals surface area contributed by atoms with Crippen LogP contribution in [0.1, 0.15) is 24.0 Å². The Morgan fingerprint density at radius 2 is 2.35 bits per heavy atom. The minimum atomic E-state index is -0.707. The molecule has 0 spiro atoms. The van der Waals surface area contributed by atoms with Crippen LogP contribution >= 0.6 is 0 Å². The predicted octanol–water partition coefficient (Wildman–Crippen LogP) is 2.59. The molecule has 0 bridgehead atoms. The maximum atomic E-state index is 11.2. The molecule has 1 aliphatic heterocycles. The second-order valence-electron chi connectivity index (χ2n) is 5.45. The van der Waals surface area contributed by atoms with E-state index >= 15 is 0 Å². The van der Waals surface area contributed by atoms with E-state index in [0.29, 0.717) is 6.54 Å². The van der Waals surface area contributed by atoms with Crippen molar-refractivity contribution in [1.29, 1.82) is 0 Å². The fourth-order valence-corrected chi connectivity index (χ4v) is 3.07. The van der Waals surface area contributed by atoms with Gasteiger partial charge in [0.2, 0.25) is 0 Å². The maximum absolute atomic E-state index is 11.2. The highest BCUT2D eigenvalue weighted by Crippen LogP contribution is 2.23. The van der Waals surface area contributed by atoms with Gasteiger partial charge in [0.25, 0.3) is 0 Å². The predicted molar refractivity (Wildman–Crippen MR) is 77.5 cm³/mol. The van der Waals surface area contributed by atoms with Crippen LogP contribution in [0.2, 0.25) is 0 Å². The summed E-state index contributed by atoms with van der Waals surface area (Å²) in [6, 6.07) is 7.89. The van der Waals surface area contributed by atoms with Crippen molar-refractivity contribution in [2.24, 2.45) is 0 Å². The Labute approximate surface area is 118 Å². The van der Waals surface area contributed by atoms with Crippen molar-refractivity contribution < 1.29 is 9.90 Å². The monoisotopic (exact) mass is 270 g/mol. The van der Waals surface area contributed by atoms with Gasteiger partial charge >= 0.3 is 5.97 Å². The van der Waals surface area contributed by atoms with Gasteiger partial charge in [0.1, 0.15) is 6.04 Å². The molecule has 2 aromatic rings. The number of likely N-dealkylation sites (tertiary alicyclic amines) is 1. The second-order valence-corrected chi connectivity index (χ2v) is 5.45. The molecule has 0 radical (unpaired) electrons. The average Bonchev–Trinajstić information content (AvgIpc) is 2.87. The lowest BCUT2D eigenvalue weighted by Crippen LogP contribution is -2.35. The topological polar surface area (TPSA) is 53.4 Å². The third-order valence-electron chi connectivity index (χ3n) is 3.99. The molecule has 1 aliphatic rings. The summed E-state index contributed by atoms with van der Waals surface area (Å²) in [7, 11) is 0. The first-order valence-corrected chi connectivity index (χ1v) is 6.96. The van der Waals surface area contributed by atoms with Gasteiger partial charge in [-0.1, -0.05) is 12.1 Å². The quantitative estimate of drug-likeness (QED) is 0.931. The molecule has 1 aromatic carbocycles. The van der Waals surface area contributed by atoms with Crippen molar-refractivity contribution >= 4 is 16.9 Å². The molecule has 1 N–H and O–H groups in total. The minimum Gasteiger partial charge on any atom is -0.480 e. The van der Waals surface area contributed by atoms with Crippen molar-refractivity contribution in [3.8, 4) is 0 Å². The molecule has 3 rings (SSSR count). The first-order valence-electron chi connectivity index (χ1n) is 6.96. The number of aliphatic carboxylic acids is 1. The van der Waals surface area contributed by atoms with Crippen LogP contribution in [0.15, 0.2) is 30.5 Å². The molecule has 2 heterocycles. The Kier molecular flexibility index (Phi) is 3.40. The van der Waals surface area contributed by atoms with E-state index in [0.717, 1.165) is 41.4 Å². The highest BCUT2D eigenvalue weighted by molar-refractivity contribution is 5.82. The molecule has 1 aromatic heterocycles. The Morgan fingerprint density at radius 3 is 3.15 bits per heavy atom. The Bertz CT molecular complexity index is 654. The zero-order valence-corrected chi connectivity index (χ0v) is 11.5. The lowest BCUT2D eigenvalue weighted by atomic mass is 10.1. The summed E-state index contributed by atoms with van der Waals surface area (Å²) < 4.78 is 0. The number of carboxylic acids is 1. The molecule has 4 heteroatoms. The lowest BCUT2D eigenvalue weighted by Gasteiger charge is -2.21. The summed E-state index contributed by atoms with van der Waals surface area (Å²) in [6.45, 7) is 3.61. The lowest BCUT2D eigenvalue weighted by molar-refractivity contribution is -0.142. The highest BCUT2D eigenvalue weighted by atomic mass is 16.4. The van der Waals surface area contributed by atoms with Crippen molar-refractivity contribution in [3.05, 3.63) is 41.6 Å². The Hall–Kier alpha value is -1.94. The van der Waals surface area contributed by atoms with Crippen molar-refractivity contribution in [2.45, 2.75) is 32.4 Å². The largest absolute Gasteiger partial charge is 0.480 e. The van der Waals surface area contributed by atoms with Crippen LogP contribution in [0.5, 0.6) is 0 Å². The summed E-state index contributed by atoms with van der Waals surface area (Å²) in [4.78, 5) is 17.7. The number of nitrogens with zero attached hydrogens (tertiary/aromatic N) is 2. The summed E-state index contributed by atoms with van der Waals surface area (Å²) in [6.07, 6.45) is 3.52. The number of aryl methyl sites for hydroxylation is 1. The average molecular weight is 270 g/mol. The number of carboxylic acid groups (broad SMARTS) is 1. The van der Waals surface area contributed by atoms with E-state index in [4.69, 9.17) is 0 Å². The molecule has 20 heavy (non-hydrogen) atoms. The summed E-state index contributed by atoms with van der Waals surface area (Å²) in [5.41, 5.74) is 3.33. The van der Waals surface area contributed by atoms with Crippen molar-refractivity contribution in [1.82, 2.24) is 9.88 Å². The number of fused-ring (bicyclic) bond motifs is 1. The molecular weight excluding hydrogens is 252 g/mol. The molecule has 0 unspecified atom stereocenters. The van der Waals surface area contributed by atoms with E-state index in [1.165, 1.54) is 0 Å². The van der Waals surface area contributed by atoms with E-state index in [-0.39, 0.29) is 6.04 Å². The van der Waals surface area contributed by atoms with Crippen molar-refractivity contribution in [3.63, 3.8) is 0 Å². The number of rotatable bonds is 3. The SMILES string of the molecule is Cc1cc(CN2CCC[C@@H]2C(=O)O)cc2cccnc12. The Morgan fingerprint density at radius 1 is 1.50 bits per heavy atom.